The molecule has 0 radical (unpaired) electrons. The van der Waals surface area contributed by atoms with Crippen molar-refractivity contribution in [1.29, 1.82) is 0 Å². The minimum atomic E-state index is -4.81. The number of aromatic nitrogens is 3. The van der Waals surface area contributed by atoms with Crippen molar-refractivity contribution in [3.63, 3.8) is 0 Å². The highest BCUT2D eigenvalue weighted by Crippen LogP contribution is 2.38. The Bertz CT molecular complexity index is 2060. The van der Waals surface area contributed by atoms with E-state index in [0.717, 1.165) is 17.3 Å². The zero-order valence-electron chi connectivity index (χ0n) is 30.2. The van der Waals surface area contributed by atoms with Gasteiger partial charge in [-0.1, -0.05) is 41.9 Å². The van der Waals surface area contributed by atoms with Crippen molar-refractivity contribution in [3.8, 4) is 11.4 Å². The molecule has 17 heteroatoms. The molecule has 3 N–H and O–H groups in total. The van der Waals surface area contributed by atoms with Crippen LogP contribution in [-0.2, 0) is 26.9 Å². The average molecular weight is 784 g/mol. The molecular weight excluding hydrogens is 743 g/mol. The number of carbonyl (C=O) groups excluding carboxylic acids is 3. The van der Waals surface area contributed by atoms with E-state index in [9.17, 15) is 32.3 Å². The first-order valence-corrected chi connectivity index (χ1v) is 18.3. The number of rotatable bonds is 9. The number of nitrogens with zero attached hydrogens (tertiary/aromatic N) is 5. The third-order valence-corrected chi connectivity index (χ3v) is 9.91. The molecule has 2 fully saturated rings. The van der Waals surface area contributed by atoms with Gasteiger partial charge >= 0.3 is 23.9 Å². The molecule has 4 aromatic rings. The van der Waals surface area contributed by atoms with Gasteiger partial charge in [0.1, 0.15) is 0 Å². The molecule has 3 aromatic carbocycles. The topological polar surface area (TPSA) is 156 Å². The Morgan fingerprint density at radius 3 is 2.20 bits per heavy atom. The van der Waals surface area contributed by atoms with Gasteiger partial charge in [-0.2, -0.15) is 13.2 Å². The molecule has 55 heavy (non-hydrogen) atoms. The van der Waals surface area contributed by atoms with Crippen molar-refractivity contribution in [2.24, 2.45) is 0 Å². The Labute approximate surface area is 319 Å². The van der Waals surface area contributed by atoms with Crippen LogP contribution in [0.2, 0.25) is 5.02 Å². The Hall–Kier alpha value is -5.51. The molecule has 1 atom stereocenters. The number of esters is 1. The van der Waals surface area contributed by atoms with E-state index in [1.807, 2.05) is 35.2 Å². The molecule has 0 spiro atoms. The lowest BCUT2D eigenvalue weighted by molar-refractivity contribution is -0.141. The van der Waals surface area contributed by atoms with Crippen LogP contribution in [0.15, 0.2) is 71.5 Å². The Morgan fingerprint density at radius 2 is 1.58 bits per heavy atom. The highest BCUT2D eigenvalue weighted by atomic mass is 35.5. The van der Waals surface area contributed by atoms with Crippen LogP contribution in [0, 0.1) is 0 Å². The fourth-order valence-corrected chi connectivity index (χ4v) is 6.94. The van der Waals surface area contributed by atoms with Crippen LogP contribution in [-0.4, -0.2) is 94.0 Å². The highest BCUT2D eigenvalue weighted by Gasteiger charge is 2.37. The largest absolute Gasteiger partial charge is 0.459 e. The van der Waals surface area contributed by atoms with E-state index in [0.29, 0.717) is 37.3 Å². The number of hydrogen-bond acceptors (Lipinski definition) is 9. The number of carbonyl (C=O) groups is 3. The maximum atomic E-state index is 14.0. The lowest BCUT2D eigenvalue weighted by Crippen LogP contribution is -2.53. The lowest BCUT2D eigenvalue weighted by Gasteiger charge is -2.38. The molecule has 3 heterocycles. The molecule has 2 amide bonds. The first kappa shape index (κ1) is 39.2. The number of nitrogen functional groups attached to an aromatic ring is 1. The standard InChI is InChI=1S/C38H41ClF3N7O6/c1-23(2)54-35(51)26-8-10-27(11-9-26)46-16-18-47(19-17-46)34(50)31(22-24-20-29(38(40,41)42)32(43)30(39)21-24)55-37(53)48-14-12-28(13-15-48)49-36(52)44-33(45-49)25-6-4-3-5-7-25/h3-11,20-21,23,28,31H,12-19,22,43H2,1-2H3,(H,44,45,52)/t31-/m1/s1. The molecule has 0 aliphatic carbocycles. The first-order chi connectivity index (χ1) is 26.2. The second-order valence-corrected chi connectivity index (χ2v) is 14.1. The number of amides is 2. The Kier molecular flexibility index (Phi) is 11.7. The number of likely N-dealkylation sites (tertiary alicyclic amines) is 1. The van der Waals surface area contributed by atoms with Gasteiger partial charge in [-0.15, -0.1) is 5.10 Å². The third-order valence-electron chi connectivity index (χ3n) is 9.59. The number of nitrogens with two attached hydrogens (primary N) is 1. The minimum Gasteiger partial charge on any atom is -0.459 e. The van der Waals surface area contributed by atoms with Gasteiger partial charge in [0.2, 0.25) is 0 Å². The fraction of sp³-hybridized carbons (Fsp3) is 0.395. The summed E-state index contributed by atoms with van der Waals surface area (Å²) in [6, 6.07) is 17.8. The fourth-order valence-electron chi connectivity index (χ4n) is 6.70. The van der Waals surface area contributed by atoms with Gasteiger partial charge in [0, 0.05) is 56.9 Å². The zero-order chi connectivity index (χ0) is 39.4. The number of piperidine rings is 1. The second kappa shape index (κ2) is 16.5. The van der Waals surface area contributed by atoms with Gasteiger partial charge in [0.15, 0.2) is 11.9 Å². The molecule has 0 unspecified atom stereocenters. The normalized spacial score (nSPS) is 15.9. The Balaban J connectivity index is 1.14. The van der Waals surface area contributed by atoms with Crippen LogP contribution in [0.3, 0.4) is 0 Å². The maximum Gasteiger partial charge on any atom is 0.418 e. The van der Waals surface area contributed by atoms with Gasteiger partial charge < -0.3 is 29.9 Å². The van der Waals surface area contributed by atoms with Crippen LogP contribution < -0.4 is 16.3 Å². The van der Waals surface area contributed by atoms with Gasteiger partial charge in [-0.05, 0) is 68.7 Å². The number of nitrogens with one attached hydrogen (secondary N) is 1. The van der Waals surface area contributed by atoms with Crippen molar-refractivity contribution < 1.29 is 37.0 Å². The van der Waals surface area contributed by atoms with Crippen molar-refractivity contribution >= 4 is 40.9 Å². The van der Waals surface area contributed by atoms with Crippen LogP contribution >= 0.6 is 11.6 Å². The lowest BCUT2D eigenvalue weighted by atomic mass is 10.0. The van der Waals surface area contributed by atoms with E-state index in [1.54, 1.807) is 38.1 Å². The van der Waals surface area contributed by atoms with Crippen LogP contribution in [0.25, 0.3) is 11.4 Å². The van der Waals surface area contributed by atoms with Gasteiger partial charge in [0.25, 0.3) is 5.91 Å². The zero-order valence-corrected chi connectivity index (χ0v) is 31.0. The SMILES string of the molecule is CC(C)OC(=O)c1ccc(N2CCN(C(=O)[C@@H](Cc3cc(Cl)c(N)c(C(F)(F)F)c3)OC(=O)N3CCC(n4nc(-c5ccccc5)[nH]c4=O)CC3)CC2)cc1. The minimum absolute atomic E-state index is 0.0123. The van der Waals surface area contributed by atoms with E-state index in [-0.39, 0.29) is 61.0 Å². The molecule has 0 saturated carbocycles. The van der Waals surface area contributed by atoms with E-state index >= 15 is 0 Å². The summed E-state index contributed by atoms with van der Waals surface area (Å²) in [7, 11) is 0. The number of halogens is 4. The van der Waals surface area contributed by atoms with Crippen molar-refractivity contribution in [2.45, 2.75) is 57.5 Å². The van der Waals surface area contributed by atoms with Crippen molar-refractivity contribution in [1.82, 2.24) is 24.6 Å². The summed E-state index contributed by atoms with van der Waals surface area (Å²) in [5, 5.41) is 4.13. The summed E-state index contributed by atoms with van der Waals surface area (Å²) in [6.45, 7) is 5.16. The summed E-state index contributed by atoms with van der Waals surface area (Å²) < 4.78 is 53.9. The quantitative estimate of drug-likeness (QED) is 0.159. The van der Waals surface area contributed by atoms with Gasteiger partial charge in [-0.3, -0.25) is 9.78 Å². The molecule has 1 aromatic heterocycles. The average Bonchev–Trinajstić information content (AvgIpc) is 3.56. The maximum absolute atomic E-state index is 14.0. The summed E-state index contributed by atoms with van der Waals surface area (Å²) in [4.78, 5) is 60.3. The number of benzene rings is 3. The molecule has 13 nitrogen and oxygen atoms in total. The van der Waals surface area contributed by atoms with Crippen LogP contribution in [0.5, 0.6) is 0 Å². The summed E-state index contributed by atoms with van der Waals surface area (Å²) in [6.07, 6.45) is -7.01. The predicted octanol–water partition coefficient (Wildman–Crippen LogP) is 5.79. The molecule has 2 saturated heterocycles. The summed E-state index contributed by atoms with van der Waals surface area (Å²) in [5.41, 5.74) is 5.46. The molecule has 2 aliphatic heterocycles. The molecule has 0 bridgehead atoms. The number of alkyl halides is 3. The molecular formula is C38H41ClF3N7O6. The first-order valence-electron chi connectivity index (χ1n) is 17.9. The number of aromatic amines is 1. The van der Waals surface area contributed by atoms with E-state index in [2.05, 4.69) is 10.1 Å². The van der Waals surface area contributed by atoms with E-state index in [4.69, 9.17) is 26.8 Å². The van der Waals surface area contributed by atoms with Gasteiger partial charge in [-0.25, -0.2) is 19.1 Å². The number of piperazine rings is 1. The molecule has 2 aliphatic rings. The number of anilines is 2. The van der Waals surface area contributed by atoms with Crippen molar-refractivity contribution in [3.05, 3.63) is 98.9 Å². The highest BCUT2D eigenvalue weighted by molar-refractivity contribution is 6.33. The van der Waals surface area contributed by atoms with Gasteiger partial charge in [0.05, 0.1) is 34.0 Å². The van der Waals surface area contributed by atoms with E-state index in [1.165, 1.54) is 20.5 Å². The summed E-state index contributed by atoms with van der Waals surface area (Å²) in [5.74, 6) is -0.586. The second-order valence-electron chi connectivity index (χ2n) is 13.7. The smallest absolute Gasteiger partial charge is 0.418 e. The number of hydrogen-bond donors (Lipinski definition) is 2. The monoisotopic (exact) mass is 783 g/mol. The molecule has 6 rings (SSSR count). The molecule has 292 valence electrons. The van der Waals surface area contributed by atoms with Crippen molar-refractivity contribution in [2.75, 3.05) is 49.9 Å². The predicted molar refractivity (Wildman–Crippen MR) is 199 cm³/mol. The number of H-pyrrole nitrogens is 1. The number of ether oxygens (including phenoxy) is 2. The van der Waals surface area contributed by atoms with Crippen LogP contribution in [0.4, 0.5) is 29.3 Å². The Morgan fingerprint density at radius 1 is 0.927 bits per heavy atom. The third kappa shape index (κ3) is 9.24. The van der Waals surface area contributed by atoms with E-state index < -0.39 is 41.5 Å². The summed E-state index contributed by atoms with van der Waals surface area (Å²) >= 11 is 6.10. The van der Waals surface area contributed by atoms with Crippen LogP contribution in [0.1, 0.15) is 54.2 Å².